The van der Waals surface area contributed by atoms with Crippen molar-refractivity contribution in [2.45, 2.75) is 67.2 Å². The number of hydrogen-bond donors (Lipinski definition) is 0. The second-order valence-corrected chi connectivity index (χ2v) is 19.1. The van der Waals surface area contributed by atoms with Gasteiger partial charge >= 0.3 is 0 Å². The van der Waals surface area contributed by atoms with Crippen LogP contribution in [-0.4, -0.2) is 0 Å². The number of hydrogen-bond acceptors (Lipinski definition) is 3. The summed E-state index contributed by atoms with van der Waals surface area (Å²) < 4.78 is 6.55. The Kier molecular flexibility index (Phi) is 9.18. The molecular formula is C58H56N2O. The number of aryl methyl sites for hydroxylation is 2. The van der Waals surface area contributed by atoms with Gasteiger partial charge in [-0.15, -0.1) is 0 Å². The van der Waals surface area contributed by atoms with Gasteiger partial charge in [0.15, 0.2) is 0 Å². The quantitative estimate of drug-likeness (QED) is 0.153. The first-order valence-corrected chi connectivity index (χ1v) is 22.0. The maximum absolute atomic E-state index is 6.55. The fourth-order valence-electron chi connectivity index (χ4n) is 11.0. The molecule has 0 aromatic heterocycles. The lowest BCUT2D eigenvalue weighted by molar-refractivity contribution is 0.169. The van der Waals surface area contributed by atoms with Crippen molar-refractivity contribution in [1.82, 2.24) is 0 Å². The average Bonchev–Trinajstić information content (AvgIpc) is 3.59. The van der Waals surface area contributed by atoms with E-state index in [0.29, 0.717) is 11.8 Å². The highest BCUT2D eigenvalue weighted by Crippen LogP contribution is 2.65. The second kappa shape index (κ2) is 14.4. The van der Waals surface area contributed by atoms with Gasteiger partial charge in [0.2, 0.25) is 0 Å². The molecule has 0 N–H and O–H groups in total. The van der Waals surface area contributed by atoms with E-state index in [1.54, 1.807) is 5.57 Å². The summed E-state index contributed by atoms with van der Waals surface area (Å²) in [5, 5.41) is 0. The van der Waals surface area contributed by atoms with E-state index >= 15 is 0 Å². The van der Waals surface area contributed by atoms with Crippen LogP contribution in [0.1, 0.15) is 70.2 Å². The zero-order chi connectivity index (χ0) is 42.3. The monoisotopic (exact) mass is 796 g/mol. The Morgan fingerprint density at radius 2 is 1.08 bits per heavy atom. The summed E-state index contributed by atoms with van der Waals surface area (Å²) in [6.45, 7) is 18.8. The number of ether oxygens (including phenoxy) is 1. The third-order valence-electron chi connectivity index (χ3n) is 14.6. The van der Waals surface area contributed by atoms with Gasteiger partial charge < -0.3 is 14.5 Å². The van der Waals surface area contributed by atoms with Gasteiger partial charge in [-0.2, -0.15) is 0 Å². The number of fused-ring (bicyclic) bond motifs is 5. The highest BCUT2D eigenvalue weighted by molar-refractivity contribution is 5.85. The van der Waals surface area contributed by atoms with Crippen molar-refractivity contribution >= 4 is 28.4 Å². The summed E-state index contributed by atoms with van der Waals surface area (Å²) in [6, 6.07) is 50.5. The zero-order valence-electron chi connectivity index (χ0n) is 36.8. The first kappa shape index (κ1) is 38.9. The van der Waals surface area contributed by atoms with Gasteiger partial charge in [0, 0.05) is 50.9 Å². The molecule has 6 aromatic rings. The van der Waals surface area contributed by atoms with Gasteiger partial charge in [0.1, 0.15) is 11.5 Å². The van der Waals surface area contributed by atoms with Crippen molar-refractivity contribution in [2.75, 3.05) is 9.80 Å². The lowest BCUT2D eigenvalue weighted by Crippen LogP contribution is -2.38. The van der Waals surface area contributed by atoms with Crippen LogP contribution < -0.4 is 14.5 Å². The predicted molar refractivity (Wildman–Crippen MR) is 256 cm³/mol. The van der Waals surface area contributed by atoms with E-state index in [1.165, 1.54) is 44.7 Å². The first-order valence-electron chi connectivity index (χ1n) is 22.0. The summed E-state index contributed by atoms with van der Waals surface area (Å²) in [6.07, 6.45) is 13.3. The molecule has 10 rings (SSSR count). The highest BCUT2D eigenvalue weighted by atomic mass is 16.5. The fraction of sp³-hybridized carbons (Fsp3) is 0.241. The molecule has 61 heavy (non-hydrogen) atoms. The Labute approximate surface area is 363 Å². The van der Waals surface area contributed by atoms with Gasteiger partial charge in [-0.3, -0.25) is 0 Å². The molecule has 0 fully saturated rings. The summed E-state index contributed by atoms with van der Waals surface area (Å²) in [5.41, 5.74) is 17.7. The fourth-order valence-corrected chi connectivity index (χ4v) is 11.0. The molecule has 0 amide bonds. The molecule has 4 aliphatic rings. The molecule has 3 unspecified atom stereocenters. The van der Waals surface area contributed by atoms with E-state index in [9.17, 15) is 0 Å². The lowest BCUT2D eigenvalue weighted by atomic mass is 9.59. The minimum atomic E-state index is -0.0862. The Hall–Kier alpha value is -6.32. The average molecular weight is 797 g/mol. The first-order chi connectivity index (χ1) is 29.3. The van der Waals surface area contributed by atoms with Crippen molar-refractivity contribution in [3.05, 3.63) is 209 Å². The number of anilines is 5. The maximum atomic E-state index is 6.55. The largest absolute Gasteiger partial charge is 0.457 e. The minimum absolute atomic E-state index is 0.0289. The van der Waals surface area contributed by atoms with Crippen LogP contribution in [0.4, 0.5) is 28.4 Å². The standard InChI is InChI=1S/C58H56N2O/c1-38-16-20-41(21-17-38)59(45-28-34-50-49-13-9-10-15-52(49)56(4,5)54(50)36-45)43-24-30-47(31-25-43)61-48-32-26-44(27-33-48)60(42-22-18-39(2)19-23-42)46-29-35-53-51-14-11-12-40(3)55(51)57(6,7)58(53,8)37-46/h9-11,13-37,40,53H,12H2,1-8H3. The van der Waals surface area contributed by atoms with Crippen molar-refractivity contribution in [1.29, 1.82) is 0 Å². The summed E-state index contributed by atoms with van der Waals surface area (Å²) in [7, 11) is 0. The van der Waals surface area contributed by atoms with Gasteiger partial charge in [-0.05, 0) is 150 Å². The van der Waals surface area contributed by atoms with Crippen LogP contribution in [0.5, 0.6) is 11.5 Å². The lowest BCUT2D eigenvalue weighted by Gasteiger charge is -2.45. The molecule has 0 bridgehead atoms. The molecule has 4 aliphatic carbocycles. The summed E-state index contributed by atoms with van der Waals surface area (Å²) in [4.78, 5) is 4.75. The third kappa shape index (κ3) is 6.31. The molecule has 0 heterocycles. The molecule has 6 aromatic carbocycles. The van der Waals surface area contributed by atoms with Crippen molar-refractivity contribution in [3.63, 3.8) is 0 Å². The Morgan fingerprint density at radius 1 is 0.557 bits per heavy atom. The van der Waals surface area contributed by atoms with E-state index in [-0.39, 0.29) is 16.2 Å². The number of allylic oxidation sites excluding steroid dienone is 7. The molecule has 0 radical (unpaired) electrons. The van der Waals surface area contributed by atoms with Crippen LogP contribution in [-0.2, 0) is 5.41 Å². The number of rotatable bonds is 8. The molecule has 0 saturated heterocycles. The minimum Gasteiger partial charge on any atom is -0.457 e. The smallest absolute Gasteiger partial charge is 0.127 e. The van der Waals surface area contributed by atoms with Gasteiger partial charge in [-0.25, -0.2) is 0 Å². The van der Waals surface area contributed by atoms with Gasteiger partial charge in [0.25, 0.3) is 0 Å². The SMILES string of the molecule is Cc1ccc(N(C2=CC3(C)C(C=C2)C2=C(C(C)CC=C2)C3(C)C)c2ccc(Oc3ccc(N(c4ccc(C)cc4)c4ccc5c(c4)C(C)(C)c4ccccc4-5)cc3)cc2)cc1. The van der Waals surface area contributed by atoms with E-state index < -0.39 is 0 Å². The highest BCUT2D eigenvalue weighted by Gasteiger charge is 2.56. The molecule has 3 nitrogen and oxygen atoms in total. The predicted octanol–water partition coefficient (Wildman–Crippen LogP) is 16.0. The molecule has 0 aliphatic heterocycles. The molecule has 304 valence electrons. The number of benzene rings is 6. The Bertz CT molecular complexity index is 2780. The number of nitrogens with zero attached hydrogens (tertiary/aromatic N) is 2. The molecular weight excluding hydrogens is 741 g/mol. The summed E-state index contributed by atoms with van der Waals surface area (Å²) in [5.74, 6) is 2.51. The van der Waals surface area contributed by atoms with E-state index in [1.807, 2.05) is 0 Å². The Morgan fingerprint density at radius 3 is 1.69 bits per heavy atom. The van der Waals surface area contributed by atoms with Crippen molar-refractivity contribution in [3.8, 4) is 22.6 Å². The van der Waals surface area contributed by atoms with Crippen LogP contribution in [0, 0.1) is 36.5 Å². The van der Waals surface area contributed by atoms with Crippen molar-refractivity contribution < 1.29 is 4.74 Å². The van der Waals surface area contributed by atoms with Crippen LogP contribution in [0.3, 0.4) is 0 Å². The van der Waals surface area contributed by atoms with Crippen LogP contribution in [0.2, 0.25) is 0 Å². The normalized spacial score (nSPS) is 21.3. The van der Waals surface area contributed by atoms with Crippen LogP contribution in [0.25, 0.3) is 11.1 Å². The van der Waals surface area contributed by atoms with Gasteiger partial charge in [-0.1, -0.05) is 137 Å². The maximum Gasteiger partial charge on any atom is 0.127 e. The van der Waals surface area contributed by atoms with E-state index in [2.05, 4.69) is 235 Å². The molecule has 0 saturated carbocycles. The van der Waals surface area contributed by atoms with Crippen LogP contribution >= 0.6 is 0 Å². The molecule has 3 atom stereocenters. The Balaban J connectivity index is 0.940. The summed E-state index contributed by atoms with van der Waals surface area (Å²) >= 11 is 0. The topological polar surface area (TPSA) is 15.7 Å². The zero-order valence-corrected chi connectivity index (χ0v) is 36.8. The van der Waals surface area contributed by atoms with E-state index in [4.69, 9.17) is 4.74 Å². The van der Waals surface area contributed by atoms with Crippen LogP contribution in [0.15, 0.2) is 187 Å². The molecule has 0 spiro atoms. The van der Waals surface area contributed by atoms with E-state index in [0.717, 1.165) is 46.4 Å². The third-order valence-corrected chi connectivity index (χ3v) is 14.6. The molecule has 3 heteroatoms. The second-order valence-electron chi connectivity index (χ2n) is 19.1. The van der Waals surface area contributed by atoms with Gasteiger partial charge in [0.05, 0.1) is 0 Å². The van der Waals surface area contributed by atoms with Crippen molar-refractivity contribution in [2.24, 2.45) is 22.7 Å².